The Labute approximate surface area is 155 Å². The summed E-state index contributed by atoms with van der Waals surface area (Å²) in [5, 5.41) is 1.54. The molecule has 1 aliphatic rings. The summed E-state index contributed by atoms with van der Waals surface area (Å²) in [4.78, 5) is 12.3. The fourth-order valence-electron chi connectivity index (χ4n) is 2.56. The molecule has 1 aliphatic heterocycles. The monoisotopic (exact) mass is 368 g/mol. The van der Waals surface area contributed by atoms with Crippen LogP contribution in [0.15, 0.2) is 60.7 Å². The Bertz CT molecular complexity index is 950. The average molecular weight is 368 g/mol. The first-order valence-electron chi connectivity index (χ1n) is 8.51. The molecule has 0 spiro atoms. The van der Waals surface area contributed by atoms with E-state index < -0.39 is 5.97 Å². The van der Waals surface area contributed by atoms with E-state index in [9.17, 15) is 9.18 Å². The number of benzene rings is 3. The molecule has 1 fully saturated rings. The van der Waals surface area contributed by atoms with E-state index in [0.29, 0.717) is 23.7 Å². The molecule has 0 radical (unpaired) electrons. The van der Waals surface area contributed by atoms with Crippen molar-refractivity contribution in [2.45, 2.75) is 6.10 Å². The van der Waals surface area contributed by atoms with Crippen molar-refractivity contribution in [3.63, 3.8) is 0 Å². The SMILES string of the molecule is O=C(Oc1ccc2cc(F)ccc2c1)c1ccc(OCOCC2CO2)cc1. The molecule has 0 amide bonds. The number of fused-ring (bicyclic) bond motifs is 1. The van der Waals surface area contributed by atoms with Gasteiger partial charge in [0.15, 0.2) is 6.79 Å². The number of carbonyl (C=O) groups is 1. The van der Waals surface area contributed by atoms with Crippen LogP contribution in [0.3, 0.4) is 0 Å². The Balaban J connectivity index is 1.35. The second-order valence-electron chi connectivity index (χ2n) is 6.16. The third-order valence-electron chi connectivity index (χ3n) is 4.09. The molecular formula is C21H17FO5. The molecule has 138 valence electrons. The number of epoxide rings is 1. The van der Waals surface area contributed by atoms with Crippen LogP contribution in [0.5, 0.6) is 11.5 Å². The van der Waals surface area contributed by atoms with Gasteiger partial charge in [-0.2, -0.15) is 0 Å². The molecule has 1 saturated heterocycles. The highest BCUT2D eigenvalue weighted by atomic mass is 19.1. The van der Waals surface area contributed by atoms with Crippen LogP contribution >= 0.6 is 0 Å². The minimum absolute atomic E-state index is 0.126. The van der Waals surface area contributed by atoms with E-state index in [1.165, 1.54) is 12.1 Å². The maximum absolute atomic E-state index is 13.2. The van der Waals surface area contributed by atoms with E-state index in [1.54, 1.807) is 48.5 Å². The number of halogens is 1. The Morgan fingerprint density at radius 1 is 1.00 bits per heavy atom. The Kier molecular flexibility index (Phi) is 5.00. The van der Waals surface area contributed by atoms with Gasteiger partial charge in [0, 0.05) is 0 Å². The quantitative estimate of drug-likeness (QED) is 0.208. The molecule has 1 atom stereocenters. The molecule has 3 aromatic carbocycles. The largest absolute Gasteiger partial charge is 0.468 e. The summed E-state index contributed by atoms with van der Waals surface area (Å²) in [5.74, 6) is 0.206. The summed E-state index contributed by atoms with van der Waals surface area (Å²) in [6.07, 6.45) is 0.194. The third-order valence-corrected chi connectivity index (χ3v) is 4.09. The van der Waals surface area contributed by atoms with Gasteiger partial charge in [-0.1, -0.05) is 12.1 Å². The third kappa shape index (κ3) is 4.61. The van der Waals surface area contributed by atoms with Crippen molar-refractivity contribution < 1.29 is 28.1 Å². The number of ether oxygens (including phenoxy) is 4. The van der Waals surface area contributed by atoms with Gasteiger partial charge in [-0.3, -0.25) is 0 Å². The second-order valence-corrected chi connectivity index (χ2v) is 6.16. The number of rotatable bonds is 7. The minimum atomic E-state index is -0.481. The number of carbonyl (C=O) groups excluding carboxylic acids is 1. The van der Waals surface area contributed by atoms with Crippen LogP contribution in [-0.2, 0) is 9.47 Å². The van der Waals surface area contributed by atoms with Gasteiger partial charge >= 0.3 is 5.97 Å². The lowest BCUT2D eigenvalue weighted by Crippen LogP contribution is -2.09. The van der Waals surface area contributed by atoms with Gasteiger partial charge < -0.3 is 18.9 Å². The van der Waals surface area contributed by atoms with Gasteiger partial charge in [-0.25, -0.2) is 9.18 Å². The lowest BCUT2D eigenvalue weighted by molar-refractivity contribution is 0.00821. The fourth-order valence-corrected chi connectivity index (χ4v) is 2.56. The topological polar surface area (TPSA) is 57.3 Å². The fraction of sp³-hybridized carbons (Fsp3) is 0.190. The van der Waals surface area contributed by atoms with Crippen molar-refractivity contribution >= 4 is 16.7 Å². The highest BCUT2D eigenvalue weighted by Crippen LogP contribution is 2.23. The van der Waals surface area contributed by atoms with Gasteiger partial charge in [0.05, 0.1) is 18.8 Å². The molecule has 4 rings (SSSR count). The standard InChI is InChI=1S/C21H17FO5/c22-17-5-1-16-10-19(8-4-15(16)9-17)27-21(23)14-2-6-18(7-3-14)26-13-24-11-20-12-25-20/h1-10,20H,11-13H2. The van der Waals surface area contributed by atoms with E-state index in [-0.39, 0.29) is 18.7 Å². The van der Waals surface area contributed by atoms with Crippen LogP contribution < -0.4 is 9.47 Å². The zero-order valence-electron chi connectivity index (χ0n) is 14.4. The molecule has 0 bridgehead atoms. The van der Waals surface area contributed by atoms with E-state index in [4.69, 9.17) is 18.9 Å². The summed E-state index contributed by atoms with van der Waals surface area (Å²) >= 11 is 0. The van der Waals surface area contributed by atoms with Crippen molar-refractivity contribution in [2.75, 3.05) is 20.0 Å². The molecule has 27 heavy (non-hydrogen) atoms. The zero-order chi connectivity index (χ0) is 18.6. The Morgan fingerprint density at radius 2 is 1.70 bits per heavy atom. The predicted molar refractivity (Wildman–Crippen MR) is 96.5 cm³/mol. The van der Waals surface area contributed by atoms with E-state index >= 15 is 0 Å². The van der Waals surface area contributed by atoms with E-state index in [1.807, 2.05) is 0 Å². The van der Waals surface area contributed by atoms with Crippen LogP contribution in [0.25, 0.3) is 10.8 Å². The molecule has 3 aromatic rings. The molecular weight excluding hydrogens is 351 g/mol. The van der Waals surface area contributed by atoms with Gasteiger partial charge in [0.2, 0.25) is 0 Å². The molecule has 1 unspecified atom stereocenters. The lowest BCUT2D eigenvalue weighted by atomic mass is 10.1. The summed E-state index contributed by atoms with van der Waals surface area (Å²) in [6.45, 7) is 1.38. The van der Waals surface area contributed by atoms with Crippen LogP contribution in [0.4, 0.5) is 4.39 Å². The maximum atomic E-state index is 13.2. The van der Waals surface area contributed by atoms with Gasteiger partial charge in [0.1, 0.15) is 23.4 Å². The first-order chi connectivity index (χ1) is 13.2. The van der Waals surface area contributed by atoms with Crippen LogP contribution in [0, 0.1) is 5.82 Å². The average Bonchev–Trinajstić information content (AvgIpc) is 3.50. The normalized spacial score (nSPS) is 15.5. The zero-order valence-corrected chi connectivity index (χ0v) is 14.4. The van der Waals surface area contributed by atoms with Gasteiger partial charge in [-0.05, 0) is 59.3 Å². The molecule has 0 aliphatic carbocycles. The van der Waals surface area contributed by atoms with E-state index in [0.717, 1.165) is 17.4 Å². The lowest BCUT2D eigenvalue weighted by Gasteiger charge is -2.08. The molecule has 5 nitrogen and oxygen atoms in total. The molecule has 0 saturated carbocycles. The maximum Gasteiger partial charge on any atom is 0.343 e. The predicted octanol–water partition coefficient (Wildman–Crippen LogP) is 3.95. The number of hydrogen-bond donors (Lipinski definition) is 0. The van der Waals surface area contributed by atoms with Crippen molar-refractivity contribution in [1.29, 1.82) is 0 Å². The molecule has 0 N–H and O–H groups in total. The summed E-state index contributed by atoms with van der Waals surface area (Å²) < 4.78 is 34.4. The van der Waals surface area contributed by atoms with Gasteiger partial charge in [-0.15, -0.1) is 0 Å². The first-order valence-corrected chi connectivity index (χ1v) is 8.51. The van der Waals surface area contributed by atoms with Crippen molar-refractivity contribution in [3.05, 3.63) is 72.0 Å². The highest BCUT2D eigenvalue weighted by molar-refractivity contribution is 5.92. The molecule has 0 aromatic heterocycles. The minimum Gasteiger partial charge on any atom is -0.468 e. The molecule has 1 heterocycles. The van der Waals surface area contributed by atoms with Crippen molar-refractivity contribution in [2.24, 2.45) is 0 Å². The summed E-state index contributed by atoms with van der Waals surface area (Å²) in [6, 6.07) is 16.1. The number of esters is 1. The first kappa shape index (κ1) is 17.5. The van der Waals surface area contributed by atoms with Crippen LogP contribution in [0.2, 0.25) is 0 Å². The molecule has 6 heteroatoms. The summed E-state index contributed by atoms with van der Waals surface area (Å²) in [7, 11) is 0. The van der Waals surface area contributed by atoms with Crippen LogP contribution in [-0.4, -0.2) is 32.1 Å². The van der Waals surface area contributed by atoms with Crippen molar-refractivity contribution in [1.82, 2.24) is 0 Å². The Morgan fingerprint density at radius 3 is 2.48 bits per heavy atom. The second kappa shape index (κ2) is 7.73. The summed E-state index contributed by atoms with van der Waals surface area (Å²) in [5.41, 5.74) is 0.397. The van der Waals surface area contributed by atoms with Crippen LogP contribution in [0.1, 0.15) is 10.4 Å². The smallest absolute Gasteiger partial charge is 0.343 e. The number of hydrogen-bond acceptors (Lipinski definition) is 5. The van der Waals surface area contributed by atoms with E-state index in [2.05, 4.69) is 0 Å². The van der Waals surface area contributed by atoms with Crippen molar-refractivity contribution in [3.8, 4) is 11.5 Å². The van der Waals surface area contributed by atoms with Gasteiger partial charge in [0.25, 0.3) is 0 Å². The highest BCUT2D eigenvalue weighted by Gasteiger charge is 2.22. The Hall–Kier alpha value is -2.96.